The third-order valence-electron chi connectivity index (χ3n) is 4.13. The van der Waals surface area contributed by atoms with Crippen molar-refractivity contribution in [3.63, 3.8) is 0 Å². The van der Waals surface area contributed by atoms with E-state index in [-0.39, 0.29) is 18.4 Å². The number of benzene rings is 1. The van der Waals surface area contributed by atoms with Crippen LogP contribution in [0.25, 0.3) is 0 Å². The Morgan fingerprint density at radius 1 is 1.35 bits per heavy atom. The maximum atomic E-state index is 12.4. The van der Waals surface area contributed by atoms with Crippen molar-refractivity contribution in [3.8, 4) is 5.75 Å². The van der Waals surface area contributed by atoms with Crippen LogP contribution in [-0.4, -0.2) is 24.2 Å². The summed E-state index contributed by atoms with van der Waals surface area (Å²) in [7, 11) is 0. The summed E-state index contributed by atoms with van der Waals surface area (Å²) in [5.74, 6) is 1.64. The maximum absolute atomic E-state index is 12.4. The van der Waals surface area contributed by atoms with Crippen molar-refractivity contribution in [2.24, 2.45) is 5.92 Å². The minimum atomic E-state index is -1.24. The van der Waals surface area contributed by atoms with Gasteiger partial charge in [-0.15, -0.1) is 0 Å². The van der Waals surface area contributed by atoms with Gasteiger partial charge in [-0.2, -0.15) is 0 Å². The molecule has 2 aromatic rings. The highest BCUT2D eigenvalue weighted by Crippen LogP contribution is 2.27. The number of aliphatic hydroxyl groups is 1. The Morgan fingerprint density at radius 3 is 2.87 bits per heavy atom. The van der Waals surface area contributed by atoms with Crippen molar-refractivity contribution in [2.75, 3.05) is 13.2 Å². The van der Waals surface area contributed by atoms with Gasteiger partial charge in [0, 0.05) is 0 Å². The molecule has 0 saturated heterocycles. The number of hydrogen-bond acceptors (Lipinski definition) is 4. The van der Waals surface area contributed by atoms with Gasteiger partial charge in [0.2, 0.25) is 5.91 Å². The number of nitrogens with one attached hydrogen (secondary N) is 1. The summed E-state index contributed by atoms with van der Waals surface area (Å²) in [6.45, 7) is 3.88. The zero-order valence-electron chi connectivity index (χ0n) is 13.3. The van der Waals surface area contributed by atoms with Crippen molar-refractivity contribution >= 4 is 5.91 Å². The highest BCUT2D eigenvalue weighted by molar-refractivity contribution is 5.79. The van der Waals surface area contributed by atoms with Gasteiger partial charge in [-0.3, -0.25) is 4.79 Å². The molecule has 0 spiro atoms. The number of furan rings is 1. The van der Waals surface area contributed by atoms with Crippen molar-refractivity contribution in [1.29, 1.82) is 0 Å². The van der Waals surface area contributed by atoms with Crippen LogP contribution in [0.15, 0.2) is 40.8 Å². The fourth-order valence-electron chi connectivity index (χ4n) is 2.71. The molecular formula is C18H21NO4. The van der Waals surface area contributed by atoms with Gasteiger partial charge < -0.3 is 19.6 Å². The molecule has 0 bridgehead atoms. The van der Waals surface area contributed by atoms with Crippen LogP contribution in [0.5, 0.6) is 5.75 Å². The molecular weight excluding hydrogens is 294 g/mol. The van der Waals surface area contributed by atoms with Gasteiger partial charge in [0.05, 0.1) is 12.5 Å². The van der Waals surface area contributed by atoms with Gasteiger partial charge in [-0.1, -0.05) is 18.2 Å². The number of ether oxygens (including phenoxy) is 1. The van der Waals surface area contributed by atoms with Crippen LogP contribution in [0.2, 0.25) is 0 Å². The van der Waals surface area contributed by atoms with Gasteiger partial charge in [-0.25, -0.2) is 0 Å². The molecule has 3 rings (SSSR count). The molecule has 2 atom stereocenters. The van der Waals surface area contributed by atoms with Crippen LogP contribution in [0.1, 0.15) is 24.0 Å². The summed E-state index contributed by atoms with van der Waals surface area (Å²) >= 11 is 0. The summed E-state index contributed by atoms with van der Waals surface area (Å²) in [6.07, 6.45) is 0.643. The second-order valence-electron chi connectivity index (χ2n) is 6.22. The lowest BCUT2D eigenvalue weighted by Gasteiger charge is -2.26. The summed E-state index contributed by atoms with van der Waals surface area (Å²) in [4.78, 5) is 12.4. The Labute approximate surface area is 135 Å². The predicted octanol–water partition coefficient (Wildman–Crippen LogP) is 2.16. The zero-order valence-corrected chi connectivity index (χ0v) is 13.3. The second kappa shape index (κ2) is 6.08. The van der Waals surface area contributed by atoms with Crippen LogP contribution in [0.4, 0.5) is 0 Å². The van der Waals surface area contributed by atoms with E-state index in [4.69, 9.17) is 9.15 Å². The maximum Gasteiger partial charge on any atom is 0.227 e. The molecule has 5 heteroatoms. The van der Waals surface area contributed by atoms with E-state index in [2.05, 4.69) is 5.32 Å². The standard InChI is InChI=1S/C18H21NO4/c1-12-7-8-16(23-12)18(2,21)11-19-17(20)14-9-13-5-3-4-6-15(13)22-10-14/h3-8,14,21H,9-11H2,1-2H3,(H,19,20). The lowest BCUT2D eigenvalue weighted by molar-refractivity contribution is -0.127. The third-order valence-corrected chi connectivity index (χ3v) is 4.13. The summed E-state index contributed by atoms with van der Waals surface area (Å²) in [5.41, 5.74) is -0.204. The molecule has 1 amide bonds. The third kappa shape index (κ3) is 3.40. The first kappa shape index (κ1) is 15.6. The molecule has 0 aliphatic carbocycles. The minimum absolute atomic E-state index is 0.0942. The van der Waals surface area contributed by atoms with E-state index < -0.39 is 5.60 Å². The number of hydrogen-bond donors (Lipinski definition) is 2. The fraction of sp³-hybridized carbons (Fsp3) is 0.389. The molecule has 2 N–H and O–H groups in total. The smallest absolute Gasteiger partial charge is 0.227 e. The monoisotopic (exact) mass is 315 g/mol. The molecule has 23 heavy (non-hydrogen) atoms. The van der Waals surface area contributed by atoms with Gasteiger partial charge in [0.15, 0.2) is 0 Å². The summed E-state index contributed by atoms with van der Waals surface area (Å²) in [5, 5.41) is 13.3. The average molecular weight is 315 g/mol. The number of fused-ring (bicyclic) bond motifs is 1. The van der Waals surface area contributed by atoms with Gasteiger partial charge in [-0.05, 0) is 44.0 Å². The van der Waals surface area contributed by atoms with Crippen molar-refractivity contribution in [3.05, 3.63) is 53.5 Å². The largest absolute Gasteiger partial charge is 0.492 e. The Bertz CT molecular complexity index is 705. The van der Waals surface area contributed by atoms with E-state index in [1.54, 1.807) is 19.1 Å². The van der Waals surface area contributed by atoms with Crippen LogP contribution in [-0.2, 0) is 16.8 Å². The zero-order chi connectivity index (χ0) is 16.4. The highest BCUT2D eigenvalue weighted by Gasteiger charge is 2.30. The normalized spacial score (nSPS) is 19.3. The van der Waals surface area contributed by atoms with E-state index in [1.165, 1.54) is 0 Å². The first-order chi connectivity index (χ1) is 11.0. The highest BCUT2D eigenvalue weighted by atomic mass is 16.5. The number of amides is 1. The molecule has 1 aromatic heterocycles. The Kier molecular flexibility index (Phi) is 4.13. The molecule has 2 unspecified atom stereocenters. The second-order valence-corrected chi connectivity index (χ2v) is 6.22. The summed E-state index contributed by atoms with van der Waals surface area (Å²) in [6, 6.07) is 11.2. The Hall–Kier alpha value is -2.27. The lowest BCUT2D eigenvalue weighted by atomic mass is 9.95. The minimum Gasteiger partial charge on any atom is -0.492 e. The molecule has 5 nitrogen and oxygen atoms in total. The van der Waals surface area contributed by atoms with Crippen molar-refractivity contribution in [1.82, 2.24) is 5.32 Å². The average Bonchev–Trinajstić information content (AvgIpc) is 2.99. The van der Waals surface area contributed by atoms with Crippen LogP contribution < -0.4 is 10.1 Å². The SMILES string of the molecule is Cc1ccc(C(C)(O)CNC(=O)C2COc3ccccc3C2)o1. The van der Waals surface area contributed by atoms with Gasteiger partial charge >= 0.3 is 0 Å². The first-order valence-electron chi connectivity index (χ1n) is 7.73. The fourth-order valence-corrected chi connectivity index (χ4v) is 2.71. The molecule has 0 fully saturated rings. The van der Waals surface area contributed by atoms with E-state index in [1.807, 2.05) is 31.2 Å². The van der Waals surface area contributed by atoms with Crippen molar-refractivity contribution < 1.29 is 19.1 Å². The molecule has 0 radical (unpaired) electrons. The lowest BCUT2D eigenvalue weighted by Crippen LogP contribution is -2.43. The van der Waals surface area contributed by atoms with Crippen LogP contribution in [0, 0.1) is 12.8 Å². The number of carbonyl (C=O) groups excluding carboxylic acids is 1. The molecule has 1 aliphatic heterocycles. The molecule has 1 aromatic carbocycles. The molecule has 1 aliphatic rings. The molecule has 2 heterocycles. The van der Waals surface area contributed by atoms with E-state index >= 15 is 0 Å². The number of para-hydroxylation sites is 1. The number of carbonyl (C=O) groups is 1. The first-order valence-corrected chi connectivity index (χ1v) is 7.73. The van der Waals surface area contributed by atoms with E-state index in [0.29, 0.717) is 18.8 Å². The van der Waals surface area contributed by atoms with Crippen molar-refractivity contribution in [2.45, 2.75) is 25.9 Å². The topological polar surface area (TPSA) is 71.7 Å². The van der Waals surface area contributed by atoms with Gasteiger partial charge in [0.25, 0.3) is 0 Å². The predicted molar refractivity (Wildman–Crippen MR) is 85.2 cm³/mol. The molecule has 0 saturated carbocycles. The summed E-state index contributed by atoms with van der Waals surface area (Å²) < 4.78 is 11.1. The van der Waals surface area contributed by atoms with Crippen LogP contribution >= 0.6 is 0 Å². The number of aryl methyl sites for hydroxylation is 1. The van der Waals surface area contributed by atoms with E-state index in [9.17, 15) is 9.90 Å². The molecule has 122 valence electrons. The van der Waals surface area contributed by atoms with Crippen LogP contribution in [0.3, 0.4) is 0 Å². The number of rotatable bonds is 4. The quantitative estimate of drug-likeness (QED) is 0.907. The Morgan fingerprint density at radius 2 is 2.13 bits per heavy atom. The van der Waals surface area contributed by atoms with E-state index in [0.717, 1.165) is 17.1 Å². The van der Waals surface area contributed by atoms with Gasteiger partial charge in [0.1, 0.15) is 29.5 Å². The Balaban J connectivity index is 1.60.